The van der Waals surface area contributed by atoms with Crippen LogP contribution < -0.4 is 0 Å². The summed E-state index contributed by atoms with van der Waals surface area (Å²) >= 11 is 5.85. The Morgan fingerprint density at radius 1 is 1.21 bits per heavy atom. The average Bonchev–Trinajstić information content (AvgIpc) is 2.41. The highest BCUT2D eigenvalue weighted by Gasteiger charge is 2.16. The lowest BCUT2D eigenvalue weighted by Gasteiger charge is -2.22. The first kappa shape index (κ1) is 15.6. The summed E-state index contributed by atoms with van der Waals surface area (Å²) in [5, 5.41) is 0.678. The van der Waals surface area contributed by atoms with E-state index in [0.717, 1.165) is 18.7 Å². The van der Waals surface area contributed by atoms with Crippen LogP contribution in [0.2, 0.25) is 5.02 Å². The number of hydrogen-bond donors (Lipinski definition) is 0. The molecule has 0 bridgehead atoms. The molecule has 0 aliphatic carbocycles. The van der Waals surface area contributed by atoms with E-state index in [-0.39, 0.29) is 5.97 Å². The largest absolute Gasteiger partial charge is 0.461 e. The molecule has 1 aromatic carbocycles. The molecule has 0 N–H and O–H groups in total. The van der Waals surface area contributed by atoms with Crippen LogP contribution in [0.4, 0.5) is 0 Å². The minimum Gasteiger partial charge on any atom is -0.461 e. The molecule has 0 radical (unpaired) electrons. The zero-order chi connectivity index (χ0) is 14.3. The number of nitrogens with zero attached hydrogens (tertiary/aromatic N) is 1. The first-order chi connectivity index (χ1) is 9.12. The predicted molar refractivity (Wildman–Crippen MR) is 79.0 cm³/mol. The lowest BCUT2D eigenvalue weighted by atomic mass is 10.2. The molecule has 0 spiro atoms. The van der Waals surface area contributed by atoms with E-state index in [0.29, 0.717) is 17.3 Å². The summed E-state index contributed by atoms with van der Waals surface area (Å²) in [6.07, 6.45) is 1.83. The van der Waals surface area contributed by atoms with Gasteiger partial charge in [0, 0.05) is 18.1 Å². The second-order valence-corrected chi connectivity index (χ2v) is 4.41. The summed E-state index contributed by atoms with van der Waals surface area (Å²) in [5.41, 5.74) is 1.51. The number of esters is 1. The summed E-state index contributed by atoms with van der Waals surface area (Å²) in [7, 11) is 0. The van der Waals surface area contributed by atoms with E-state index < -0.39 is 0 Å². The van der Waals surface area contributed by atoms with Crippen molar-refractivity contribution in [2.45, 2.75) is 20.8 Å². The molecule has 0 saturated carbocycles. The molecular weight excluding hydrogens is 262 g/mol. The van der Waals surface area contributed by atoms with Crippen molar-refractivity contribution in [2.75, 3.05) is 19.7 Å². The number of rotatable bonds is 6. The van der Waals surface area contributed by atoms with Gasteiger partial charge in [-0.1, -0.05) is 23.7 Å². The number of hydrogen-bond acceptors (Lipinski definition) is 3. The van der Waals surface area contributed by atoms with Crippen LogP contribution in [0.15, 0.2) is 30.0 Å². The summed E-state index contributed by atoms with van der Waals surface area (Å²) < 4.78 is 5.11. The highest BCUT2D eigenvalue weighted by molar-refractivity contribution is 6.30. The Bertz CT molecular complexity index is 436. The van der Waals surface area contributed by atoms with Crippen LogP contribution >= 0.6 is 11.6 Å². The van der Waals surface area contributed by atoms with Crippen LogP contribution in [0.3, 0.4) is 0 Å². The molecule has 0 aromatic heterocycles. The molecule has 19 heavy (non-hydrogen) atoms. The summed E-state index contributed by atoms with van der Waals surface area (Å²) in [6.45, 7) is 7.72. The Morgan fingerprint density at radius 3 is 2.26 bits per heavy atom. The molecule has 0 fully saturated rings. The van der Waals surface area contributed by atoms with Crippen LogP contribution in [0.5, 0.6) is 0 Å². The number of benzene rings is 1. The second-order valence-electron chi connectivity index (χ2n) is 3.97. The van der Waals surface area contributed by atoms with Crippen molar-refractivity contribution in [2.24, 2.45) is 0 Å². The monoisotopic (exact) mass is 281 g/mol. The van der Waals surface area contributed by atoms with Gasteiger partial charge in [0.1, 0.15) is 5.70 Å². The van der Waals surface area contributed by atoms with Gasteiger partial charge in [-0.25, -0.2) is 4.79 Å². The van der Waals surface area contributed by atoms with Gasteiger partial charge in [-0.2, -0.15) is 0 Å². The van der Waals surface area contributed by atoms with Crippen molar-refractivity contribution in [1.82, 2.24) is 4.90 Å². The topological polar surface area (TPSA) is 29.5 Å². The molecule has 4 heteroatoms. The molecule has 3 nitrogen and oxygen atoms in total. The van der Waals surface area contributed by atoms with Gasteiger partial charge in [-0.3, -0.25) is 0 Å². The fourth-order valence-electron chi connectivity index (χ4n) is 1.77. The fourth-order valence-corrected chi connectivity index (χ4v) is 1.89. The SMILES string of the molecule is CCOC(=O)C(=Cc1ccc(Cl)cc1)N(CC)CC. The molecule has 0 unspecified atom stereocenters. The van der Waals surface area contributed by atoms with E-state index in [1.165, 1.54) is 0 Å². The van der Waals surface area contributed by atoms with Gasteiger partial charge in [0.2, 0.25) is 0 Å². The maximum atomic E-state index is 12.0. The van der Waals surface area contributed by atoms with Gasteiger partial charge >= 0.3 is 5.97 Å². The average molecular weight is 282 g/mol. The Balaban J connectivity index is 3.07. The van der Waals surface area contributed by atoms with Crippen molar-refractivity contribution in [3.63, 3.8) is 0 Å². The molecule has 1 aromatic rings. The Kier molecular flexibility index (Phi) is 6.43. The third-order valence-corrected chi connectivity index (χ3v) is 3.01. The Hall–Kier alpha value is -1.48. The van der Waals surface area contributed by atoms with Crippen LogP contribution in [-0.2, 0) is 9.53 Å². The van der Waals surface area contributed by atoms with Gasteiger partial charge in [0.15, 0.2) is 0 Å². The molecule has 0 heterocycles. The molecule has 0 saturated heterocycles. The van der Waals surface area contributed by atoms with E-state index in [4.69, 9.17) is 16.3 Å². The normalized spacial score (nSPS) is 11.3. The van der Waals surface area contributed by atoms with Gasteiger partial charge in [-0.15, -0.1) is 0 Å². The molecular formula is C15H20ClNO2. The molecule has 0 aliphatic rings. The van der Waals surface area contributed by atoms with Gasteiger partial charge in [-0.05, 0) is 44.5 Å². The molecule has 0 amide bonds. The summed E-state index contributed by atoms with van der Waals surface area (Å²) in [5.74, 6) is -0.291. The van der Waals surface area contributed by atoms with E-state index >= 15 is 0 Å². The zero-order valence-corrected chi connectivity index (χ0v) is 12.4. The lowest BCUT2D eigenvalue weighted by molar-refractivity contribution is -0.140. The van der Waals surface area contributed by atoms with Crippen LogP contribution in [0, 0.1) is 0 Å². The van der Waals surface area contributed by atoms with E-state index in [1.807, 2.05) is 37.0 Å². The first-order valence-corrected chi connectivity index (χ1v) is 6.89. The maximum absolute atomic E-state index is 12.0. The van der Waals surface area contributed by atoms with Crippen molar-refractivity contribution in [1.29, 1.82) is 0 Å². The molecule has 1 rings (SSSR count). The number of likely N-dealkylation sites (N-methyl/N-ethyl adjacent to an activating group) is 1. The smallest absolute Gasteiger partial charge is 0.354 e. The maximum Gasteiger partial charge on any atom is 0.354 e. The highest BCUT2D eigenvalue weighted by atomic mass is 35.5. The predicted octanol–water partition coefficient (Wildman–Crippen LogP) is 3.59. The lowest BCUT2D eigenvalue weighted by Crippen LogP contribution is -2.28. The minimum absolute atomic E-state index is 0.291. The highest BCUT2D eigenvalue weighted by Crippen LogP contribution is 2.15. The van der Waals surface area contributed by atoms with Crippen molar-refractivity contribution in [3.05, 3.63) is 40.5 Å². The third kappa shape index (κ3) is 4.60. The van der Waals surface area contributed by atoms with Crippen molar-refractivity contribution < 1.29 is 9.53 Å². The Morgan fingerprint density at radius 2 is 1.79 bits per heavy atom. The standard InChI is InChI=1S/C15H20ClNO2/c1-4-17(5-2)14(15(18)19-6-3)11-12-7-9-13(16)10-8-12/h7-11H,4-6H2,1-3H3. The van der Waals surface area contributed by atoms with E-state index in [9.17, 15) is 4.79 Å². The van der Waals surface area contributed by atoms with Gasteiger partial charge in [0.25, 0.3) is 0 Å². The molecule has 0 aliphatic heterocycles. The molecule has 0 atom stereocenters. The summed E-state index contributed by atoms with van der Waals surface area (Å²) in [4.78, 5) is 14.0. The van der Waals surface area contributed by atoms with Crippen LogP contribution in [-0.4, -0.2) is 30.6 Å². The van der Waals surface area contributed by atoms with Crippen LogP contribution in [0.25, 0.3) is 6.08 Å². The zero-order valence-electron chi connectivity index (χ0n) is 11.6. The van der Waals surface area contributed by atoms with E-state index in [1.54, 1.807) is 19.1 Å². The first-order valence-electron chi connectivity index (χ1n) is 6.51. The van der Waals surface area contributed by atoms with E-state index in [2.05, 4.69) is 0 Å². The number of carbonyl (C=O) groups is 1. The van der Waals surface area contributed by atoms with Crippen molar-refractivity contribution >= 4 is 23.6 Å². The molecule has 104 valence electrons. The Labute approximate surface area is 119 Å². The number of ether oxygens (including phenoxy) is 1. The fraction of sp³-hybridized carbons (Fsp3) is 0.400. The second kappa shape index (κ2) is 7.85. The number of carbonyl (C=O) groups excluding carboxylic acids is 1. The summed E-state index contributed by atoms with van der Waals surface area (Å²) in [6, 6.07) is 7.37. The minimum atomic E-state index is -0.291. The third-order valence-electron chi connectivity index (χ3n) is 2.76. The quantitative estimate of drug-likeness (QED) is 0.589. The van der Waals surface area contributed by atoms with Gasteiger partial charge in [0.05, 0.1) is 6.61 Å². The van der Waals surface area contributed by atoms with Gasteiger partial charge < -0.3 is 9.64 Å². The number of halogens is 1. The van der Waals surface area contributed by atoms with Crippen LogP contribution in [0.1, 0.15) is 26.3 Å². The van der Waals surface area contributed by atoms with Crippen molar-refractivity contribution in [3.8, 4) is 0 Å².